The number of aryl methyl sites for hydroxylation is 1. The van der Waals surface area contributed by atoms with Crippen LogP contribution in [0, 0.1) is 6.92 Å². The average Bonchev–Trinajstić information content (AvgIpc) is 2.54. The lowest BCUT2D eigenvalue weighted by Gasteiger charge is -2.20. The highest BCUT2D eigenvalue weighted by atomic mass is 32.2. The zero-order valence-electron chi connectivity index (χ0n) is 14.9. The number of carbonyl (C=O) groups excluding carboxylic acids is 1. The number of ketones is 1. The number of nitrogens with one attached hydrogen (secondary N) is 1. The Balaban J connectivity index is 2.55. The molecule has 0 saturated carbocycles. The van der Waals surface area contributed by atoms with Crippen LogP contribution >= 0.6 is 0 Å². The Kier molecular flexibility index (Phi) is 5.48. The van der Waals surface area contributed by atoms with Crippen LogP contribution in [0.4, 0.5) is 0 Å². The highest BCUT2D eigenvalue weighted by Crippen LogP contribution is 2.23. The van der Waals surface area contributed by atoms with Crippen molar-refractivity contribution < 1.29 is 13.2 Å². The number of sulfone groups is 1. The number of Topliss-reactive ketones (excluding diaryl/α,β-unsaturated/α-hetero) is 1. The minimum atomic E-state index is -3.94. The van der Waals surface area contributed by atoms with Gasteiger partial charge in [0.2, 0.25) is 15.6 Å². The molecule has 0 radical (unpaired) electrons. The van der Waals surface area contributed by atoms with Gasteiger partial charge < -0.3 is 5.32 Å². The normalized spacial score (nSPS) is 12.7. The second kappa shape index (κ2) is 7.23. The molecule has 0 amide bonds. The highest BCUT2D eigenvalue weighted by molar-refractivity contribution is 7.96. The Bertz CT molecular complexity index is 875. The van der Waals surface area contributed by atoms with E-state index in [-0.39, 0.29) is 15.3 Å². The van der Waals surface area contributed by atoms with Gasteiger partial charge in [0.1, 0.15) is 4.91 Å². The van der Waals surface area contributed by atoms with E-state index in [1.165, 1.54) is 18.3 Å². The van der Waals surface area contributed by atoms with Gasteiger partial charge in [0.25, 0.3) is 0 Å². The standard InChI is InChI=1S/C20H23NO3S/c1-15-10-12-17(13-11-15)25(23,24)18(14-21-20(2,3)4)19(22)16-8-6-5-7-9-16/h5-14,21H,1-4H3/b18-14-. The molecule has 4 nitrogen and oxygen atoms in total. The van der Waals surface area contributed by atoms with E-state index >= 15 is 0 Å². The first-order valence-electron chi connectivity index (χ1n) is 8.01. The summed E-state index contributed by atoms with van der Waals surface area (Å²) >= 11 is 0. The first-order chi connectivity index (χ1) is 11.6. The summed E-state index contributed by atoms with van der Waals surface area (Å²) < 4.78 is 26.1. The molecule has 0 atom stereocenters. The van der Waals surface area contributed by atoms with Crippen LogP contribution in [-0.4, -0.2) is 19.7 Å². The zero-order chi connectivity index (χ0) is 18.7. The molecule has 1 N–H and O–H groups in total. The summed E-state index contributed by atoms with van der Waals surface area (Å²) in [6, 6.07) is 14.9. The number of benzene rings is 2. The minimum absolute atomic E-state index is 0.101. The molecule has 0 fully saturated rings. The number of rotatable bonds is 5. The van der Waals surface area contributed by atoms with Crippen LogP contribution in [0.2, 0.25) is 0 Å². The zero-order valence-corrected chi connectivity index (χ0v) is 15.7. The predicted octanol–water partition coefficient (Wildman–Crippen LogP) is 3.88. The molecular weight excluding hydrogens is 334 g/mol. The van der Waals surface area contributed by atoms with E-state index in [0.29, 0.717) is 5.56 Å². The number of allylic oxidation sites excluding steroid dienone is 1. The van der Waals surface area contributed by atoms with E-state index in [2.05, 4.69) is 5.32 Å². The molecule has 0 unspecified atom stereocenters. The minimum Gasteiger partial charge on any atom is -0.385 e. The summed E-state index contributed by atoms with van der Waals surface area (Å²) in [5, 5.41) is 3.00. The van der Waals surface area contributed by atoms with Crippen molar-refractivity contribution in [3.05, 3.63) is 76.8 Å². The van der Waals surface area contributed by atoms with Crippen LogP contribution in [-0.2, 0) is 9.84 Å². The van der Waals surface area contributed by atoms with Gasteiger partial charge in [0, 0.05) is 17.3 Å². The fourth-order valence-corrected chi connectivity index (χ4v) is 3.45. The smallest absolute Gasteiger partial charge is 0.211 e. The first-order valence-corrected chi connectivity index (χ1v) is 9.49. The molecule has 0 aromatic heterocycles. The molecule has 25 heavy (non-hydrogen) atoms. The molecule has 0 spiro atoms. The van der Waals surface area contributed by atoms with E-state index in [9.17, 15) is 13.2 Å². The molecule has 2 aromatic rings. The van der Waals surface area contributed by atoms with Crippen LogP contribution in [0.1, 0.15) is 36.7 Å². The van der Waals surface area contributed by atoms with Gasteiger partial charge in [-0.05, 0) is 39.8 Å². The van der Waals surface area contributed by atoms with Gasteiger partial charge in [0.05, 0.1) is 4.90 Å². The Labute approximate surface area is 149 Å². The van der Waals surface area contributed by atoms with Gasteiger partial charge in [-0.25, -0.2) is 8.42 Å². The van der Waals surface area contributed by atoms with E-state index in [1.807, 2.05) is 27.7 Å². The van der Waals surface area contributed by atoms with Crippen molar-refractivity contribution in [1.29, 1.82) is 0 Å². The van der Waals surface area contributed by atoms with Gasteiger partial charge in [-0.1, -0.05) is 48.0 Å². The molecule has 0 saturated heterocycles. The monoisotopic (exact) mass is 357 g/mol. The Hall–Kier alpha value is -2.40. The van der Waals surface area contributed by atoms with Crippen LogP contribution in [0.25, 0.3) is 0 Å². The summed E-state index contributed by atoms with van der Waals surface area (Å²) in [5.74, 6) is -0.530. The Morgan fingerprint density at radius 3 is 2.04 bits per heavy atom. The van der Waals surface area contributed by atoms with Crippen molar-refractivity contribution >= 4 is 15.6 Å². The van der Waals surface area contributed by atoms with Crippen LogP contribution in [0.15, 0.2) is 70.6 Å². The predicted molar refractivity (Wildman–Crippen MR) is 100 cm³/mol. The SMILES string of the molecule is Cc1ccc(S(=O)(=O)/C(=C\NC(C)(C)C)C(=O)c2ccccc2)cc1. The molecular formula is C20H23NO3S. The Morgan fingerprint density at radius 1 is 0.960 bits per heavy atom. The second-order valence-electron chi connectivity index (χ2n) is 6.91. The fourth-order valence-electron chi connectivity index (χ4n) is 2.12. The van der Waals surface area contributed by atoms with Gasteiger partial charge in [-0.15, -0.1) is 0 Å². The van der Waals surface area contributed by atoms with E-state index in [0.717, 1.165) is 5.56 Å². The largest absolute Gasteiger partial charge is 0.385 e. The van der Waals surface area contributed by atoms with Crippen molar-refractivity contribution in [1.82, 2.24) is 5.32 Å². The maximum atomic E-state index is 13.0. The van der Waals surface area contributed by atoms with Crippen LogP contribution in [0.3, 0.4) is 0 Å². The van der Waals surface area contributed by atoms with Crippen molar-refractivity contribution in [2.75, 3.05) is 0 Å². The molecule has 5 heteroatoms. The van der Waals surface area contributed by atoms with Crippen molar-refractivity contribution in [2.45, 2.75) is 38.1 Å². The summed E-state index contributed by atoms with van der Waals surface area (Å²) in [7, 11) is -3.94. The van der Waals surface area contributed by atoms with Gasteiger partial charge in [0.15, 0.2) is 0 Å². The van der Waals surface area contributed by atoms with E-state index < -0.39 is 15.6 Å². The summed E-state index contributed by atoms with van der Waals surface area (Å²) in [6.45, 7) is 7.56. The summed E-state index contributed by atoms with van der Waals surface area (Å²) in [4.78, 5) is 12.7. The molecule has 2 aromatic carbocycles. The number of carbonyl (C=O) groups is 1. The molecule has 0 aliphatic carbocycles. The van der Waals surface area contributed by atoms with Crippen LogP contribution in [0.5, 0.6) is 0 Å². The van der Waals surface area contributed by atoms with E-state index in [1.54, 1.807) is 42.5 Å². The average molecular weight is 357 g/mol. The first kappa shape index (κ1) is 18.9. The second-order valence-corrected chi connectivity index (χ2v) is 8.83. The molecule has 0 aliphatic heterocycles. The molecule has 0 heterocycles. The summed E-state index contributed by atoms with van der Waals surface area (Å²) in [5.41, 5.74) is 0.914. The number of hydrogen-bond acceptors (Lipinski definition) is 4. The molecule has 0 bridgehead atoms. The van der Waals surface area contributed by atoms with Crippen molar-refractivity contribution in [3.8, 4) is 0 Å². The lowest BCUT2D eigenvalue weighted by molar-refractivity contribution is 0.104. The lowest BCUT2D eigenvalue weighted by Crippen LogP contribution is -2.32. The van der Waals surface area contributed by atoms with Gasteiger partial charge >= 0.3 is 0 Å². The maximum absolute atomic E-state index is 13.0. The van der Waals surface area contributed by atoms with Crippen molar-refractivity contribution in [2.24, 2.45) is 0 Å². The lowest BCUT2D eigenvalue weighted by atomic mass is 10.1. The van der Waals surface area contributed by atoms with E-state index in [4.69, 9.17) is 0 Å². The topological polar surface area (TPSA) is 63.2 Å². The number of hydrogen-bond donors (Lipinski definition) is 1. The van der Waals surface area contributed by atoms with Crippen LogP contribution < -0.4 is 5.32 Å². The maximum Gasteiger partial charge on any atom is 0.211 e. The van der Waals surface area contributed by atoms with Gasteiger partial charge in [-0.3, -0.25) is 4.79 Å². The third-order valence-electron chi connectivity index (χ3n) is 3.52. The summed E-state index contributed by atoms with van der Waals surface area (Å²) in [6.07, 6.45) is 1.31. The Morgan fingerprint density at radius 2 is 1.52 bits per heavy atom. The molecule has 0 aliphatic rings. The third-order valence-corrected chi connectivity index (χ3v) is 5.29. The van der Waals surface area contributed by atoms with Gasteiger partial charge in [-0.2, -0.15) is 0 Å². The third kappa shape index (κ3) is 4.79. The molecule has 132 valence electrons. The highest BCUT2D eigenvalue weighted by Gasteiger charge is 2.28. The van der Waals surface area contributed by atoms with Crippen molar-refractivity contribution in [3.63, 3.8) is 0 Å². The fraction of sp³-hybridized carbons (Fsp3) is 0.250. The molecule has 2 rings (SSSR count). The quantitative estimate of drug-likeness (QED) is 0.651.